The Morgan fingerprint density at radius 1 is 1.53 bits per heavy atom. The zero-order valence-electron chi connectivity index (χ0n) is 11.4. The zero-order valence-corrected chi connectivity index (χ0v) is 11.4. The van der Waals surface area contributed by atoms with E-state index < -0.39 is 0 Å². The summed E-state index contributed by atoms with van der Waals surface area (Å²) in [6.07, 6.45) is 1.95. The standard InChI is InChI=1S/C14H20N2O3/c1-9-7-12(17)13(10(2)16-9)14(18)15-5-3-11-4-6-19-8-11/h7,11H,3-6,8H2,1-2H3,(H,15,18)(H,16,17)/t11-/m0/s1. The van der Waals surface area contributed by atoms with Crippen LogP contribution in [0.25, 0.3) is 0 Å². The molecule has 0 spiro atoms. The van der Waals surface area contributed by atoms with Crippen LogP contribution in [0, 0.1) is 19.8 Å². The lowest BCUT2D eigenvalue weighted by Gasteiger charge is -2.10. The van der Waals surface area contributed by atoms with E-state index >= 15 is 0 Å². The van der Waals surface area contributed by atoms with Crippen molar-refractivity contribution < 1.29 is 9.53 Å². The van der Waals surface area contributed by atoms with E-state index in [2.05, 4.69) is 10.3 Å². The van der Waals surface area contributed by atoms with Crippen molar-refractivity contribution in [2.24, 2.45) is 5.92 Å². The molecule has 1 amide bonds. The minimum absolute atomic E-state index is 0.216. The molecule has 1 aromatic rings. The van der Waals surface area contributed by atoms with Crippen LogP contribution in [0.15, 0.2) is 10.9 Å². The molecule has 1 fully saturated rings. The van der Waals surface area contributed by atoms with Gasteiger partial charge < -0.3 is 15.0 Å². The van der Waals surface area contributed by atoms with Crippen molar-refractivity contribution in [3.63, 3.8) is 0 Å². The number of H-pyrrole nitrogens is 1. The lowest BCUT2D eigenvalue weighted by Crippen LogP contribution is -2.31. The fourth-order valence-electron chi connectivity index (χ4n) is 2.42. The summed E-state index contributed by atoms with van der Waals surface area (Å²) in [4.78, 5) is 26.8. The molecule has 1 atom stereocenters. The Morgan fingerprint density at radius 3 is 2.95 bits per heavy atom. The third-order valence-electron chi connectivity index (χ3n) is 3.44. The molecule has 0 saturated carbocycles. The van der Waals surface area contributed by atoms with Crippen molar-refractivity contribution in [3.8, 4) is 0 Å². The van der Waals surface area contributed by atoms with E-state index in [-0.39, 0.29) is 16.9 Å². The van der Waals surface area contributed by atoms with Crippen molar-refractivity contribution in [1.82, 2.24) is 10.3 Å². The highest BCUT2D eigenvalue weighted by Gasteiger charge is 2.17. The number of pyridine rings is 1. The highest BCUT2D eigenvalue weighted by molar-refractivity contribution is 5.95. The quantitative estimate of drug-likeness (QED) is 0.857. The van der Waals surface area contributed by atoms with Gasteiger partial charge in [0.25, 0.3) is 5.91 Å². The molecule has 19 heavy (non-hydrogen) atoms. The topological polar surface area (TPSA) is 71.2 Å². The van der Waals surface area contributed by atoms with Gasteiger partial charge in [-0.25, -0.2) is 0 Å². The average molecular weight is 264 g/mol. The summed E-state index contributed by atoms with van der Waals surface area (Å²) in [6.45, 7) is 5.72. The molecular formula is C14H20N2O3. The van der Waals surface area contributed by atoms with Crippen LogP contribution in [-0.4, -0.2) is 30.6 Å². The van der Waals surface area contributed by atoms with Crippen LogP contribution in [0.3, 0.4) is 0 Å². The number of aryl methyl sites for hydroxylation is 2. The third kappa shape index (κ3) is 3.44. The van der Waals surface area contributed by atoms with Gasteiger partial charge in [-0.3, -0.25) is 9.59 Å². The molecule has 2 heterocycles. The van der Waals surface area contributed by atoms with Gasteiger partial charge in [-0.2, -0.15) is 0 Å². The first-order chi connectivity index (χ1) is 9.08. The number of carbonyl (C=O) groups excluding carboxylic acids is 1. The zero-order chi connectivity index (χ0) is 13.8. The molecule has 5 heteroatoms. The van der Waals surface area contributed by atoms with E-state index in [4.69, 9.17) is 4.74 Å². The van der Waals surface area contributed by atoms with Gasteiger partial charge in [-0.05, 0) is 32.6 Å². The van der Waals surface area contributed by atoms with Crippen molar-refractivity contribution in [3.05, 3.63) is 33.2 Å². The molecule has 2 rings (SSSR count). The van der Waals surface area contributed by atoms with Gasteiger partial charge in [0.1, 0.15) is 5.56 Å². The molecule has 1 aliphatic rings. The molecule has 0 bridgehead atoms. The number of rotatable bonds is 4. The SMILES string of the molecule is Cc1cc(=O)c(C(=O)NCC[C@H]2CCOC2)c(C)[nH]1. The van der Waals surface area contributed by atoms with Gasteiger partial charge >= 0.3 is 0 Å². The van der Waals surface area contributed by atoms with E-state index in [0.29, 0.717) is 18.2 Å². The van der Waals surface area contributed by atoms with E-state index in [1.54, 1.807) is 13.8 Å². The van der Waals surface area contributed by atoms with Crippen molar-refractivity contribution in [2.45, 2.75) is 26.7 Å². The second-order valence-corrected chi connectivity index (χ2v) is 5.09. The Morgan fingerprint density at radius 2 is 2.32 bits per heavy atom. The molecule has 104 valence electrons. The Bertz CT molecular complexity index is 516. The van der Waals surface area contributed by atoms with Crippen molar-refractivity contribution >= 4 is 5.91 Å². The summed E-state index contributed by atoms with van der Waals surface area (Å²) in [5.74, 6) is 0.232. The third-order valence-corrected chi connectivity index (χ3v) is 3.44. The van der Waals surface area contributed by atoms with Crippen LogP contribution in [0.5, 0.6) is 0 Å². The van der Waals surface area contributed by atoms with Crippen LogP contribution >= 0.6 is 0 Å². The molecule has 1 aliphatic heterocycles. The maximum atomic E-state index is 12.0. The fourth-order valence-corrected chi connectivity index (χ4v) is 2.42. The Hall–Kier alpha value is -1.62. The Balaban J connectivity index is 1.94. The van der Waals surface area contributed by atoms with E-state index in [1.807, 2.05) is 0 Å². The second kappa shape index (κ2) is 6.02. The first kappa shape index (κ1) is 13.8. The number of carbonyl (C=O) groups is 1. The van der Waals surface area contributed by atoms with Crippen LogP contribution in [0.2, 0.25) is 0 Å². The van der Waals surface area contributed by atoms with Gasteiger partial charge in [0.05, 0.1) is 0 Å². The summed E-state index contributed by atoms with van der Waals surface area (Å²) in [7, 11) is 0. The van der Waals surface area contributed by atoms with Gasteiger partial charge in [-0.1, -0.05) is 0 Å². The van der Waals surface area contributed by atoms with Gasteiger partial charge in [0.15, 0.2) is 5.43 Å². The summed E-state index contributed by atoms with van der Waals surface area (Å²) in [5, 5.41) is 2.81. The van der Waals surface area contributed by atoms with Crippen LogP contribution in [-0.2, 0) is 4.74 Å². The Kier molecular flexibility index (Phi) is 4.37. The molecule has 0 unspecified atom stereocenters. The van der Waals surface area contributed by atoms with Gasteiger partial charge in [0, 0.05) is 37.2 Å². The van der Waals surface area contributed by atoms with Crippen molar-refractivity contribution in [1.29, 1.82) is 0 Å². The predicted octanol–water partition coefficient (Wildman–Crippen LogP) is 1.15. The van der Waals surface area contributed by atoms with Gasteiger partial charge in [0.2, 0.25) is 0 Å². The minimum Gasteiger partial charge on any atom is -0.381 e. The smallest absolute Gasteiger partial charge is 0.257 e. The molecule has 0 radical (unpaired) electrons. The maximum Gasteiger partial charge on any atom is 0.257 e. The van der Waals surface area contributed by atoms with Crippen LogP contribution in [0.1, 0.15) is 34.6 Å². The molecular weight excluding hydrogens is 244 g/mol. The van der Waals surface area contributed by atoms with Gasteiger partial charge in [-0.15, -0.1) is 0 Å². The number of amides is 1. The number of hydrogen-bond donors (Lipinski definition) is 2. The number of hydrogen-bond acceptors (Lipinski definition) is 3. The number of ether oxygens (including phenoxy) is 1. The molecule has 0 aromatic carbocycles. The predicted molar refractivity (Wildman–Crippen MR) is 72.4 cm³/mol. The monoisotopic (exact) mass is 264 g/mol. The summed E-state index contributed by atoms with van der Waals surface area (Å²) >= 11 is 0. The lowest BCUT2D eigenvalue weighted by atomic mass is 10.1. The van der Waals surface area contributed by atoms with E-state index in [9.17, 15) is 9.59 Å². The fraction of sp³-hybridized carbons (Fsp3) is 0.571. The van der Waals surface area contributed by atoms with Crippen molar-refractivity contribution in [2.75, 3.05) is 19.8 Å². The lowest BCUT2D eigenvalue weighted by molar-refractivity contribution is 0.0948. The number of aromatic amines is 1. The highest BCUT2D eigenvalue weighted by Crippen LogP contribution is 2.15. The molecule has 1 aromatic heterocycles. The van der Waals surface area contributed by atoms with Crippen LogP contribution in [0.4, 0.5) is 0 Å². The molecule has 1 saturated heterocycles. The maximum absolute atomic E-state index is 12.0. The molecule has 0 aliphatic carbocycles. The number of aromatic nitrogens is 1. The van der Waals surface area contributed by atoms with Crippen LogP contribution < -0.4 is 10.7 Å². The van der Waals surface area contributed by atoms with E-state index in [0.717, 1.165) is 31.7 Å². The summed E-state index contributed by atoms with van der Waals surface area (Å²) < 4.78 is 5.28. The minimum atomic E-state index is -0.294. The summed E-state index contributed by atoms with van der Waals surface area (Å²) in [5.41, 5.74) is 1.37. The number of nitrogens with one attached hydrogen (secondary N) is 2. The molecule has 5 nitrogen and oxygen atoms in total. The Labute approximate surface area is 112 Å². The highest BCUT2D eigenvalue weighted by atomic mass is 16.5. The first-order valence-electron chi connectivity index (χ1n) is 6.64. The second-order valence-electron chi connectivity index (χ2n) is 5.09. The normalized spacial score (nSPS) is 18.5. The molecule has 2 N–H and O–H groups in total. The first-order valence-corrected chi connectivity index (χ1v) is 6.64. The van der Waals surface area contributed by atoms with E-state index in [1.165, 1.54) is 6.07 Å². The average Bonchev–Trinajstić information content (AvgIpc) is 2.80. The summed E-state index contributed by atoms with van der Waals surface area (Å²) in [6, 6.07) is 1.45. The largest absolute Gasteiger partial charge is 0.381 e.